The van der Waals surface area contributed by atoms with E-state index in [0.717, 1.165) is 57.9 Å². The molecule has 2 aliphatic heterocycles. The van der Waals surface area contributed by atoms with Crippen molar-refractivity contribution in [2.24, 2.45) is 17.3 Å². The zero-order valence-corrected chi connectivity index (χ0v) is 18.6. The zero-order chi connectivity index (χ0) is 22.5. The van der Waals surface area contributed by atoms with Crippen LogP contribution in [0.1, 0.15) is 62.3 Å². The van der Waals surface area contributed by atoms with Gasteiger partial charge in [-0.1, -0.05) is 13.3 Å². The summed E-state index contributed by atoms with van der Waals surface area (Å²) < 4.78 is 45.1. The van der Waals surface area contributed by atoms with Gasteiger partial charge in [-0.2, -0.15) is 13.2 Å². The number of rotatable bonds is 3. The van der Waals surface area contributed by atoms with E-state index in [1.165, 1.54) is 6.07 Å². The first kappa shape index (κ1) is 22.1. The Hall–Kier alpha value is -1.67. The third-order valence-corrected chi connectivity index (χ3v) is 8.31. The molecule has 5 atom stereocenters. The molecule has 1 N–H and O–H groups in total. The van der Waals surface area contributed by atoms with Crippen molar-refractivity contribution < 1.29 is 22.7 Å². The Labute approximate surface area is 187 Å². The number of nitrogens with one attached hydrogen (secondary N) is 1. The number of nitrogens with zero attached hydrogens (tertiary/aromatic N) is 2. The maximum atomic E-state index is 13.8. The van der Waals surface area contributed by atoms with E-state index < -0.39 is 11.7 Å². The molecule has 0 aromatic carbocycles. The molecule has 4 aliphatic rings. The predicted octanol–water partition coefficient (Wildman–Crippen LogP) is 3.95. The molecule has 3 heterocycles. The standard InChI is InChI=1S/C24H32F3N3O2/c1-15-14-32-8-5-20(15)29-19-10-17-3-2-6-23(17,11-19)22(31)30-7-4-21-16(13-30)9-18(12-28-21)24(25,26)27/h9,12,15,17,19-20,29H,2-8,10-11,13-14H2,1H3/t15-,17-,19-,20+,23-/m1/s1. The van der Waals surface area contributed by atoms with Crippen LogP contribution in [-0.2, 0) is 28.7 Å². The van der Waals surface area contributed by atoms with E-state index in [-0.39, 0.29) is 17.9 Å². The van der Waals surface area contributed by atoms with Crippen molar-refractivity contribution >= 4 is 5.91 Å². The lowest BCUT2D eigenvalue weighted by Crippen LogP contribution is -2.48. The number of hydrogen-bond acceptors (Lipinski definition) is 4. The summed E-state index contributed by atoms with van der Waals surface area (Å²) >= 11 is 0. The molecule has 1 aromatic heterocycles. The highest BCUT2D eigenvalue weighted by atomic mass is 19.4. The van der Waals surface area contributed by atoms with Gasteiger partial charge in [-0.05, 0) is 55.6 Å². The Morgan fingerprint density at radius 2 is 2.19 bits per heavy atom. The number of carbonyl (C=O) groups is 1. The van der Waals surface area contributed by atoms with Crippen LogP contribution < -0.4 is 5.32 Å². The van der Waals surface area contributed by atoms with E-state index >= 15 is 0 Å². The Morgan fingerprint density at radius 3 is 2.97 bits per heavy atom. The topological polar surface area (TPSA) is 54.5 Å². The minimum atomic E-state index is -4.42. The fourth-order valence-corrected chi connectivity index (χ4v) is 6.62. The molecule has 0 unspecified atom stereocenters. The minimum Gasteiger partial charge on any atom is -0.381 e. The molecule has 0 bridgehead atoms. The molecule has 5 nitrogen and oxygen atoms in total. The Bertz CT molecular complexity index is 877. The van der Waals surface area contributed by atoms with E-state index in [1.54, 1.807) is 0 Å². The fourth-order valence-electron chi connectivity index (χ4n) is 6.62. The van der Waals surface area contributed by atoms with Gasteiger partial charge in [-0.3, -0.25) is 9.78 Å². The van der Waals surface area contributed by atoms with Gasteiger partial charge in [0.05, 0.1) is 17.6 Å². The number of carbonyl (C=O) groups excluding carboxylic acids is 1. The van der Waals surface area contributed by atoms with Crippen LogP contribution in [0.15, 0.2) is 12.3 Å². The number of ether oxygens (including phenoxy) is 1. The van der Waals surface area contributed by atoms with Crippen LogP contribution in [0, 0.1) is 17.3 Å². The van der Waals surface area contributed by atoms with Crippen LogP contribution in [-0.4, -0.2) is 47.6 Å². The van der Waals surface area contributed by atoms with Crippen molar-refractivity contribution in [3.63, 3.8) is 0 Å². The summed E-state index contributed by atoms with van der Waals surface area (Å²) in [6.45, 7) is 4.53. The number of amides is 1. The monoisotopic (exact) mass is 451 g/mol. The minimum absolute atomic E-state index is 0.146. The van der Waals surface area contributed by atoms with Crippen LogP contribution >= 0.6 is 0 Å². The summed E-state index contributed by atoms with van der Waals surface area (Å²) in [5, 5.41) is 3.83. The molecular formula is C24H32F3N3O2. The molecule has 0 radical (unpaired) electrons. The third kappa shape index (κ3) is 3.94. The average molecular weight is 452 g/mol. The van der Waals surface area contributed by atoms with Gasteiger partial charge in [0, 0.05) is 50.1 Å². The average Bonchev–Trinajstić information content (AvgIpc) is 3.31. The van der Waals surface area contributed by atoms with Crippen molar-refractivity contribution in [3.8, 4) is 0 Å². The summed E-state index contributed by atoms with van der Waals surface area (Å²) in [4.78, 5) is 19.7. The first-order valence-electron chi connectivity index (χ1n) is 11.9. The van der Waals surface area contributed by atoms with Crippen LogP contribution in [0.2, 0.25) is 0 Å². The molecule has 8 heteroatoms. The van der Waals surface area contributed by atoms with Gasteiger partial charge >= 0.3 is 6.18 Å². The Balaban J connectivity index is 1.31. The van der Waals surface area contributed by atoms with Gasteiger partial charge in [0.25, 0.3) is 0 Å². The summed E-state index contributed by atoms with van der Waals surface area (Å²) in [6.07, 6.45) is 2.87. The number of alkyl halides is 3. The second-order valence-corrected chi connectivity index (χ2v) is 10.3. The van der Waals surface area contributed by atoms with Gasteiger partial charge in [0.1, 0.15) is 0 Å². The molecule has 2 aliphatic carbocycles. The van der Waals surface area contributed by atoms with Crippen molar-refractivity contribution in [3.05, 3.63) is 29.1 Å². The molecule has 3 fully saturated rings. The van der Waals surface area contributed by atoms with E-state index in [4.69, 9.17) is 4.74 Å². The maximum Gasteiger partial charge on any atom is 0.417 e. The Morgan fingerprint density at radius 1 is 1.34 bits per heavy atom. The van der Waals surface area contributed by atoms with E-state index in [1.807, 2.05) is 4.90 Å². The van der Waals surface area contributed by atoms with Crippen LogP contribution in [0.4, 0.5) is 13.2 Å². The molecule has 2 saturated carbocycles. The van der Waals surface area contributed by atoms with Crippen LogP contribution in [0.5, 0.6) is 0 Å². The van der Waals surface area contributed by atoms with Crippen molar-refractivity contribution in [2.45, 2.75) is 76.7 Å². The van der Waals surface area contributed by atoms with E-state index in [9.17, 15) is 18.0 Å². The lowest BCUT2D eigenvalue weighted by atomic mass is 9.78. The van der Waals surface area contributed by atoms with Gasteiger partial charge in [0.2, 0.25) is 5.91 Å². The maximum absolute atomic E-state index is 13.8. The summed E-state index contributed by atoms with van der Waals surface area (Å²) in [7, 11) is 0. The SMILES string of the molecule is C[C@@H]1COCC[C@@H]1N[C@@H]1C[C@H]2CCC[C@@]2(C(=O)N2CCc3ncc(C(F)(F)F)cc3C2)C1. The van der Waals surface area contributed by atoms with Crippen molar-refractivity contribution in [1.82, 2.24) is 15.2 Å². The second-order valence-electron chi connectivity index (χ2n) is 10.3. The predicted molar refractivity (Wildman–Crippen MR) is 113 cm³/mol. The normalized spacial score (nSPS) is 34.9. The lowest BCUT2D eigenvalue weighted by Gasteiger charge is -2.38. The van der Waals surface area contributed by atoms with Gasteiger partial charge in [0.15, 0.2) is 0 Å². The van der Waals surface area contributed by atoms with Gasteiger partial charge in [-0.15, -0.1) is 0 Å². The molecular weight excluding hydrogens is 419 g/mol. The molecule has 1 saturated heterocycles. The molecule has 1 aromatic rings. The quantitative estimate of drug-likeness (QED) is 0.756. The van der Waals surface area contributed by atoms with Gasteiger partial charge in [-0.25, -0.2) is 0 Å². The zero-order valence-electron chi connectivity index (χ0n) is 18.6. The smallest absolute Gasteiger partial charge is 0.381 e. The first-order valence-corrected chi connectivity index (χ1v) is 11.9. The number of aromatic nitrogens is 1. The van der Waals surface area contributed by atoms with E-state index in [0.29, 0.717) is 48.1 Å². The Kier molecular flexibility index (Phi) is 5.73. The third-order valence-electron chi connectivity index (χ3n) is 8.31. The van der Waals surface area contributed by atoms with Crippen LogP contribution in [0.25, 0.3) is 0 Å². The van der Waals surface area contributed by atoms with Gasteiger partial charge < -0.3 is 15.0 Å². The van der Waals surface area contributed by atoms with Crippen LogP contribution in [0.3, 0.4) is 0 Å². The largest absolute Gasteiger partial charge is 0.417 e. The second kappa shape index (κ2) is 8.28. The number of fused-ring (bicyclic) bond motifs is 2. The highest BCUT2D eigenvalue weighted by Crippen LogP contribution is 2.55. The van der Waals surface area contributed by atoms with E-state index in [2.05, 4.69) is 17.2 Å². The summed E-state index contributed by atoms with van der Waals surface area (Å²) in [5.74, 6) is 0.973. The highest BCUT2D eigenvalue weighted by Gasteiger charge is 2.56. The number of pyridine rings is 1. The molecule has 32 heavy (non-hydrogen) atoms. The van der Waals surface area contributed by atoms with Crippen molar-refractivity contribution in [2.75, 3.05) is 19.8 Å². The molecule has 176 valence electrons. The first-order chi connectivity index (χ1) is 15.3. The highest BCUT2D eigenvalue weighted by molar-refractivity contribution is 5.84. The summed E-state index contributed by atoms with van der Waals surface area (Å²) in [5.41, 5.74) is 0.118. The lowest BCUT2D eigenvalue weighted by molar-refractivity contribution is -0.144. The fraction of sp³-hybridized carbons (Fsp3) is 0.750. The number of hydrogen-bond donors (Lipinski definition) is 1. The summed E-state index contributed by atoms with van der Waals surface area (Å²) in [6, 6.07) is 1.93. The molecule has 0 spiro atoms. The molecule has 1 amide bonds. The number of halogens is 3. The van der Waals surface area contributed by atoms with Crippen molar-refractivity contribution in [1.29, 1.82) is 0 Å². The molecule has 5 rings (SSSR count).